The van der Waals surface area contributed by atoms with Crippen molar-refractivity contribution in [2.24, 2.45) is 0 Å². The minimum Gasteiger partial charge on any atom is -0.508 e. The van der Waals surface area contributed by atoms with E-state index in [4.69, 9.17) is 9.47 Å². The smallest absolute Gasteiger partial charge is 0.123 e. The van der Waals surface area contributed by atoms with Gasteiger partial charge in [-0.25, -0.2) is 4.39 Å². The number of phenols is 1. The Morgan fingerprint density at radius 1 is 0.939 bits per heavy atom. The van der Waals surface area contributed by atoms with Gasteiger partial charge in [-0.2, -0.15) is 0 Å². The van der Waals surface area contributed by atoms with Crippen LogP contribution in [-0.2, 0) is 24.4 Å². The topological polar surface area (TPSA) is 91.2 Å². The number of benzene rings is 3. The van der Waals surface area contributed by atoms with Crippen LogP contribution in [0.1, 0.15) is 28.4 Å². The number of aliphatic hydroxyl groups excluding tert-OH is 2. The molecule has 3 aromatic rings. The molecule has 33 heavy (non-hydrogen) atoms. The Hall–Kier alpha value is -2.97. The maximum absolute atomic E-state index is 13.1. The number of rotatable bonds is 13. The number of aliphatic hydroxyl groups is 2. The highest BCUT2D eigenvalue weighted by Crippen LogP contribution is 2.22. The van der Waals surface area contributed by atoms with Gasteiger partial charge in [0.05, 0.1) is 25.9 Å². The van der Waals surface area contributed by atoms with E-state index in [1.165, 1.54) is 18.2 Å². The first-order chi connectivity index (χ1) is 16.0. The molecule has 0 bridgehead atoms. The molecule has 3 rings (SSSR count). The lowest BCUT2D eigenvalue weighted by Crippen LogP contribution is -2.23. The Labute approximate surface area is 193 Å². The van der Waals surface area contributed by atoms with Crippen molar-refractivity contribution in [3.63, 3.8) is 0 Å². The fourth-order valence-corrected chi connectivity index (χ4v) is 3.32. The van der Waals surface area contributed by atoms with Gasteiger partial charge in [0, 0.05) is 12.1 Å². The highest BCUT2D eigenvalue weighted by Gasteiger charge is 2.10. The first-order valence-electron chi connectivity index (χ1n) is 10.9. The summed E-state index contributed by atoms with van der Waals surface area (Å²) in [6, 6.07) is 18.9. The minimum absolute atomic E-state index is 0.0187. The summed E-state index contributed by atoms with van der Waals surface area (Å²) in [5, 5.41) is 32.4. The SMILES string of the molecule is OCc1cc(C(O)CNCCc2ccc(OCCOCc3cccc(F)c3)cc2)ccc1O. The molecule has 0 spiro atoms. The summed E-state index contributed by atoms with van der Waals surface area (Å²) >= 11 is 0. The Morgan fingerprint density at radius 2 is 1.76 bits per heavy atom. The molecule has 0 aliphatic rings. The molecule has 0 saturated carbocycles. The molecule has 7 heteroatoms. The molecule has 0 radical (unpaired) electrons. The first-order valence-corrected chi connectivity index (χ1v) is 10.9. The quantitative estimate of drug-likeness (QED) is 0.295. The standard InChI is InChI=1S/C26H30FNO5/c27-23-3-1-2-20(14-23)18-32-12-13-33-24-7-4-19(5-8-24)10-11-28-16-26(31)21-6-9-25(30)22(15-21)17-29/h1-9,14-15,26,28-31H,10-13,16-18H2. The van der Waals surface area contributed by atoms with Crippen LogP contribution in [0.2, 0.25) is 0 Å². The van der Waals surface area contributed by atoms with Crippen LogP contribution in [0.25, 0.3) is 0 Å². The van der Waals surface area contributed by atoms with Crippen molar-refractivity contribution in [2.75, 3.05) is 26.3 Å². The summed E-state index contributed by atoms with van der Waals surface area (Å²) in [6.07, 6.45) is 0.0658. The lowest BCUT2D eigenvalue weighted by molar-refractivity contribution is 0.0888. The molecular formula is C26H30FNO5. The summed E-state index contributed by atoms with van der Waals surface area (Å²) in [4.78, 5) is 0. The van der Waals surface area contributed by atoms with E-state index < -0.39 is 6.10 Å². The normalized spacial score (nSPS) is 12.0. The summed E-state index contributed by atoms with van der Waals surface area (Å²) in [7, 11) is 0. The van der Waals surface area contributed by atoms with Crippen LogP contribution >= 0.6 is 0 Å². The summed E-state index contributed by atoms with van der Waals surface area (Å²) < 4.78 is 24.3. The zero-order chi connectivity index (χ0) is 23.5. The van der Waals surface area contributed by atoms with Gasteiger partial charge in [0.15, 0.2) is 0 Å². The molecular weight excluding hydrogens is 425 g/mol. The summed E-state index contributed by atoms with van der Waals surface area (Å²) in [6.45, 7) is 1.94. The molecule has 176 valence electrons. The van der Waals surface area contributed by atoms with E-state index in [1.54, 1.807) is 18.2 Å². The largest absolute Gasteiger partial charge is 0.508 e. The van der Waals surface area contributed by atoms with Gasteiger partial charge in [-0.3, -0.25) is 0 Å². The van der Waals surface area contributed by atoms with Crippen LogP contribution in [0.3, 0.4) is 0 Å². The van der Waals surface area contributed by atoms with E-state index >= 15 is 0 Å². The lowest BCUT2D eigenvalue weighted by atomic mass is 10.1. The van der Waals surface area contributed by atoms with E-state index in [-0.39, 0.29) is 18.2 Å². The number of halogens is 1. The van der Waals surface area contributed by atoms with Gasteiger partial charge in [-0.05, 0) is 66.1 Å². The molecule has 0 saturated heterocycles. The van der Waals surface area contributed by atoms with Gasteiger partial charge in [-0.1, -0.05) is 30.3 Å². The Balaban J connectivity index is 1.31. The van der Waals surface area contributed by atoms with Crippen molar-refractivity contribution in [1.29, 1.82) is 0 Å². The highest BCUT2D eigenvalue weighted by atomic mass is 19.1. The third-order valence-corrected chi connectivity index (χ3v) is 5.16. The van der Waals surface area contributed by atoms with Crippen molar-refractivity contribution in [3.05, 3.63) is 94.8 Å². The van der Waals surface area contributed by atoms with Gasteiger partial charge >= 0.3 is 0 Å². The van der Waals surface area contributed by atoms with Crippen LogP contribution < -0.4 is 10.1 Å². The maximum atomic E-state index is 13.1. The molecule has 0 amide bonds. The van der Waals surface area contributed by atoms with Crippen LogP contribution in [-0.4, -0.2) is 41.6 Å². The molecule has 0 fully saturated rings. The molecule has 0 heterocycles. The predicted octanol–water partition coefficient (Wildman–Crippen LogP) is 3.48. The van der Waals surface area contributed by atoms with Crippen LogP contribution in [0, 0.1) is 5.82 Å². The van der Waals surface area contributed by atoms with Gasteiger partial charge < -0.3 is 30.1 Å². The second-order valence-electron chi connectivity index (χ2n) is 7.69. The van der Waals surface area contributed by atoms with E-state index in [0.29, 0.717) is 44.0 Å². The predicted molar refractivity (Wildman–Crippen MR) is 124 cm³/mol. The van der Waals surface area contributed by atoms with E-state index in [0.717, 1.165) is 23.3 Å². The van der Waals surface area contributed by atoms with Gasteiger partial charge in [0.25, 0.3) is 0 Å². The van der Waals surface area contributed by atoms with Gasteiger partial charge in [0.1, 0.15) is 23.9 Å². The first kappa shape index (κ1) is 24.7. The Morgan fingerprint density at radius 3 is 2.52 bits per heavy atom. The summed E-state index contributed by atoms with van der Waals surface area (Å²) in [5.74, 6) is 0.501. The highest BCUT2D eigenvalue weighted by molar-refractivity contribution is 5.36. The van der Waals surface area contributed by atoms with Crippen molar-refractivity contribution >= 4 is 0 Å². The fraction of sp³-hybridized carbons (Fsp3) is 0.308. The number of hydrogen-bond donors (Lipinski definition) is 4. The molecule has 0 aliphatic carbocycles. The second-order valence-corrected chi connectivity index (χ2v) is 7.69. The Kier molecular flexibility index (Phi) is 9.65. The molecule has 3 aromatic carbocycles. The number of aromatic hydroxyl groups is 1. The minimum atomic E-state index is -0.727. The lowest BCUT2D eigenvalue weighted by Gasteiger charge is -2.14. The van der Waals surface area contributed by atoms with Crippen molar-refractivity contribution < 1.29 is 29.2 Å². The molecule has 1 unspecified atom stereocenters. The maximum Gasteiger partial charge on any atom is 0.123 e. The van der Waals surface area contributed by atoms with Crippen molar-refractivity contribution in [2.45, 2.75) is 25.7 Å². The number of ether oxygens (including phenoxy) is 2. The number of nitrogens with one attached hydrogen (secondary N) is 1. The zero-order valence-corrected chi connectivity index (χ0v) is 18.4. The molecule has 0 aromatic heterocycles. The fourth-order valence-electron chi connectivity index (χ4n) is 3.32. The zero-order valence-electron chi connectivity index (χ0n) is 18.4. The summed E-state index contributed by atoms with van der Waals surface area (Å²) in [5.41, 5.74) is 2.97. The van der Waals surface area contributed by atoms with Gasteiger partial charge in [0.2, 0.25) is 0 Å². The molecule has 4 N–H and O–H groups in total. The van der Waals surface area contributed by atoms with E-state index in [1.807, 2.05) is 30.3 Å². The number of hydrogen-bond acceptors (Lipinski definition) is 6. The Bertz CT molecular complexity index is 996. The third-order valence-electron chi connectivity index (χ3n) is 5.16. The molecule has 1 atom stereocenters. The van der Waals surface area contributed by atoms with Crippen molar-refractivity contribution in [1.82, 2.24) is 5.32 Å². The average molecular weight is 456 g/mol. The second kappa shape index (κ2) is 12.9. The van der Waals surface area contributed by atoms with Crippen LogP contribution in [0.5, 0.6) is 11.5 Å². The molecule has 0 aliphatic heterocycles. The van der Waals surface area contributed by atoms with Crippen LogP contribution in [0.4, 0.5) is 4.39 Å². The van der Waals surface area contributed by atoms with Crippen LogP contribution in [0.15, 0.2) is 66.7 Å². The monoisotopic (exact) mass is 455 g/mol. The van der Waals surface area contributed by atoms with Gasteiger partial charge in [-0.15, -0.1) is 0 Å². The van der Waals surface area contributed by atoms with E-state index in [2.05, 4.69) is 5.32 Å². The third kappa shape index (κ3) is 8.14. The average Bonchev–Trinajstić information content (AvgIpc) is 2.82. The molecule has 6 nitrogen and oxygen atoms in total. The van der Waals surface area contributed by atoms with E-state index in [9.17, 15) is 19.7 Å². The van der Waals surface area contributed by atoms with Crippen molar-refractivity contribution in [3.8, 4) is 11.5 Å².